The van der Waals surface area contributed by atoms with Crippen molar-refractivity contribution >= 4 is 11.8 Å². The Hall–Kier alpha value is -3.71. The van der Waals surface area contributed by atoms with Crippen LogP contribution in [0.2, 0.25) is 0 Å². The Bertz CT molecular complexity index is 1290. The van der Waals surface area contributed by atoms with E-state index in [1.54, 1.807) is 29.0 Å². The quantitative estimate of drug-likeness (QED) is 0.389. The van der Waals surface area contributed by atoms with E-state index < -0.39 is 0 Å². The lowest BCUT2D eigenvalue weighted by molar-refractivity contribution is 0.831. The van der Waals surface area contributed by atoms with Crippen molar-refractivity contribution in [2.75, 3.05) is 0 Å². The molecule has 7 heteroatoms. The van der Waals surface area contributed by atoms with E-state index in [9.17, 15) is 0 Å². The maximum Gasteiger partial charge on any atom is 0.159 e. The van der Waals surface area contributed by atoms with E-state index in [0.29, 0.717) is 0 Å². The summed E-state index contributed by atoms with van der Waals surface area (Å²) in [6.07, 6.45) is 5.01. The van der Waals surface area contributed by atoms with E-state index >= 15 is 0 Å². The Morgan fingerprint density at radius 3 is 2.39 bits per heavy atom. The number of nitrogens with zero attached hydrogens (tertiary/aromatic N) is 6. The lowest BCUT2D eigenvalue weighted by Crippen LogP contribution is -1.96. The summed E-state index contributed by atoms with van der Waals surface area (Å²) in [4.78, 5) is 14.7. The first kappa shape index (κ1) is 19.3. The number of hydrogen-bond acceptors (Lipinski definition) is 5. The molecular formula is C24H20N6S. The van der Waals surface area contributed by atoms with Gasteiger partial charge >= 0.3 is 0 Å². The van der Waals surface area contributed by atoms with Gasteiger partial charge in [0.1, 0.15) is 29.1 Å². The van der Waals surface area contributed by atoms with Crippen LogP contribution in [0, 0.1) is 6.92 Å². The van der Waals surface area contributed by atoms with Crippen LogP contribution in [0.1, 0.15) is 5.56 Å². The zero-order valence-electron chi connectivity index (χ0n) is 17.2. The molecule has 5 aromatic rings. The van der Waals surface area contributed by atoms with Gasteiger partial charge < -0.3 is 4.57 Å². The molecule has 0 N–H and O–H groups in total. The summed E-state index contributed by atoms with van der Waals surface area (Å²) in [5.74, 6) is 0.838. The zero-order valence-corrected chi connectivity index (χ0v) is 18.0. The van der Waals surface area contributed by atoms with Crippen molar-refractivity contribution in [1.82, 2.24) is 29.3 Å². The largest absolute Gasteiger partial charge is 0.320 e. The molecule has 3 aromatic heterocycles. The fourth-order valence-electron chi connectivity index (χ4n) is 3.34. The molecule has 0 amide bonds. The Labute approximate surface area is 184 Å². The van der Waals surface area contributed by atoms with Crippen LogP contribution in [-0.4, -0.2) is 29.3 Å². The Morgan fingerprint density at radius 1 is 0.903 bits per heavy atom. The molecule has 0 aliphatic heterocycles. The second kappa shape index (κ2) is 8.20. The predicted octanol–water partition coefficient (Wildman–Crippen LogP) is 5.19. The molecule has 0 aliphatic rings. The second-order valence-corrected chi connectivity index (χ2v) is 8.23. The van der Waals surface area contributed by atoms with Crippen molar-refractivity contribution in [3.05, 3.63) is 91.1 Å². The van der Waals surface area contributed by atoms with Crippen LogP contribution in [0.4, 0.5) is 0 Å². The number of pyridine rings is 1. The van der Waals surface area contributed by atoms with Crippen molar-refractivity contribution < 1.29 is 0 Å². The van der Waals surface area contributed by atoms with Crippen LogP contribution in [0.5, 0.6) is 0 Å². The lowest BCUT2D eigenvalue weighted by atomic mass is 10.1. The number of rotatable bonds is 5. The van der Waals surface area contributed by atoms with E-state index in [1.165, 1.54) is 16.8 Å². The summed E-state index contributed by atoms with van der Waals surface area (Å²) in [6, 6.07) is 22.6. The van der Waals surface area contributed by atoms with Gasteiger partial charge in [-0.15, -0.1) is 0 Å². The number of aromatic nitrogens is 6. The van der Waals surface area contributed by atoms with E-state index in [2.05, 4.69) is 63.0 Å². The molecule has 0 atom stereocenters. The average Bonchev–Trinajstić information content (AvgIpc) is 3.45. The minimum absolute atomic E-state index is 0.838. The summed E-state index contributed by atoms with van der Waals surface area (Å²) in [7, 11) is 2.04. The van der Waals surface area contributed by atoms with Crippen molar-refractivity contribution in [2.45, 2.75) is 16.8 Å². The minimum atomic E-state index is 0.838. The smallest absolute Gasteiger partial charge is 0.159 e. The lowest BCUT2D eigenvalue weighted by Gasteiger charge is -2.08. The maximum absolute atomic E-state index is 5.00. The van der Waals surface area contributed by atoms with E-state index in [0.717, 1.165) is 33.5 Å². The molecule has 5 rings (SSSR count). The predicted molar refractivity (Wildman–Crippen MR) is 122 cm³/mol. The standard InChI is InChI=1S/C24H20N6S/c1-17-6-12-20(13-7-17)31-24-22(28-23(29(24)2)21-5-3-4-14-26-21)18-8-10-19(11-9-18)30-16-25-15-27-30/h3-16H,1-2H3. The normalized spacial score (nSPS) is 11.0. The fourth-order valence-corrected chi connectivity index (χ4v) is 4.32. The Balaban J connectivity index is 1.60. The van der Waals surface area contributed by atoms with Gasteiger partial charge in [0, 0.05) is 23.7 Å². The van der Waals surface area contributed by atoms with E-state index in [1.807, 2.05) is 37.4 Å². The SMILES string of the molecule is Cc1ccc(Sc2c(-c3ccc(-n4cncn4)cc3)nc(-c3ccccn3)n2C)cc1. The monoisotopic (exact) mass is 424 g/mol. The van der Waals surface area contributed by atoms with Gasteiger partial charge in [0.05, 0.1) is 5.69 Å². The third-order valence-electron chi connectivity index (χ3n) is 5.00. The van der Waals surface area contributed by atoms with Gasteiger partial charge in [-0.25, -0.2) is 14.6 Å². The molecule has 0 spiro atoms. The summed E-state index contributed by atoms with van der Waals surface area (Å²) in [6.45, 7) is 2.10. The minimum Gasteiger partial charge on any atom is -0.320 e. The van der Waals surface area contributed by atoms with Crippen molar-refractivity contribution in [3.8, 4) is 28.5 Å². The van der Waals surface area contributed by atoms with Gasteiger partial charge in [0.2, 0.25) is 0 Å². The highest BCUT2D eigenvalue weighted by Crippen LogP contribution is 2.38. The van der Waals surface area contributed by atoms with Crippen molar-refractivity contribution in [2.24, 2.45) is 7.05 Å². The first-order chi connectivity index (χ1) is 15.2. The Kier molecular flexibility index (Phi) is 5.09. The van der Waals surface area contributed by atoms with Gasteiger partial charge in [-0.2, -0.15) is 5.10 Å². The number of benzene rings is 2. The molecular weight excluding hydrogens is 404 g/mol. The summed E-state index contributed by atoms with van der Waals surface area (Å²) in [5.41, 5.74) is 5.01. The molecule has 0 saturated carbocycles. The van der Waals surface area contributed by atoms with Crippen LogP contribution < -0.4 is 0 Å². The van der Waals surface area contributed by atoms with Gasteiger partial charge in [-0.1, -0.05) is 47.7 Å². The Morgan fingerprint density at radius 2 is 1.71 bits per heavy atom. The molecule has 0 radical (unpaired) electrons. The van der Waals surface area contributed by atoms with Crippen LogP contribution >= 0.6 is 11.8 Å². The highest BCUT2D eigenvalue weighted by Gasteiger charge is 2.19. The van der Waals surface area contributed by atoms with Crippen molar-refractivity contribution in [3.63, 3.8) is 0 Å². The fraction of sp³-hybridized carbons (Fsp3) is 0.0833. The van der Waals surface area contributed by atoms with Crippen LogP contribution in [0.15, 0.2) is 95.5 Å². The number of imidazole rings is 1. The molecule has 0 fully saturated rings. The van der Waals surface area contributed by atoms with Gasteiger partial charge in [0.25, 0.3) is 0 Å². The summed E-state index contributed by atoms with van der Waals surface area (Å²) < 4.78 is 3.86. The molecule has 3 heterocycles. The average molecular weight is 425 g/mol. The number of aryl methyl sites for hydroxylation is 1. The van der Waals surface area contributed by atoms with Gasteiger partial charge in [0.15, 0.2) is 5.82 Å². The van der Waals surface area contributed by atoms with Gasteiger partial charge in [-0.05, 0) is 43.3 Å². The molecule has 6 nitrogen and oxygen atoms in total. The topological polar surface area (TPSA) is 61.4 Å². The van der Waals surface area contributed by atoms with Gasteiger partial charge in [-0.3, -0.25) is 4.98 Å². The van der Waals surface area contributed by atoms with Crippen LogP contribution in [-0.2, 0) is 7.05 Å². The van der Waals surface area contributed by atoms with Crippen LogP contribution in [0.3, 0.4) is 0 Å². The molecule has 0 bridgehead atoms. The third-order valence-corrected chi connectivity index (χ3v) is 6.16. The molecule has 0 saturated heterocycles. The summed E-state index contributed by atoms with van der Waals surface area (Å²) >= 11 is 1.71. The first-order valence-electron chi connectivity index (χ1n) is 9.87. The number of hydrogen-bond donors (Lipinski definition) is 0. The zero-order chi connectivity index (χ0) is 21.2. The molecule has 152 valence electrons. The summed E-state index contributed by atoms with van der Waals surface area (Å²) in [5, 5.41) is 5.27. The molecule has 2 aromatic carbocycles. The highest BCUT2D eigenvalue weighted by molar-refractivity contribution is 7.99. The first-order valence-corrected chi connectivity index (χ1v) is 10.7. The third kappa shape index (κ3) is 3.87. The van der Waals surface area contributed by atoms with E-state index in [-0.39, 0.29) is 0 Å². The van der Waals surface area contributed by atoms with E-state index in [4.69, 9.17) is 4.98 Å². The molecule has 0 unspecified atom stereocenters. The van der Waals surface area contributed by atoms with Crippen LogP contribution in [0.25, 0.3) is 28.5 Å². The second-order valence-electron chi connectivity index (χ2n) is 7.17. The molecule has 0 aliphatic carbocycles. The molecule has 31 heavy (non-hydrogen) atoms. The maximum atomic E-state index is 5.00. The van der Waals surface area contributed by atoms with Crippen molar-refractivity contribution in [1.29, 1.82) is 0 Å². The highest BCUT2D eigenvalue weighted by atomic mass is 32.2.